The summed E-state index contributed by atoms with van der Waals surface area (Å²) >= 11 is 0. The SMILES string of the molecule is CN(Cc1ccco1)C(=O)c1ccc2c(c1)OCCCO2. The molecule has 1 aromatic carbocycles. The van der Waals surface area contributed by atoms with Crippen LogP contribution in [0.3, 0.4) is 0 Å². The third-order valence-corrected chi connectivity index (χ3v) is 3.31. The van der Waals surface area contributed by atoms with Crippen molar-refractivity contribution in [2.24, 2.45) is 0 Å². The van der Waals surface area contributed by atoms with Crippen molar-refractivity contribution in [3.05, 3.63) is 47.9 Å². The monoisotopic (exact) mass is 287 g/mol. The molecule has 5 heteroatoms. The normalized spacial score (nSPS) is 13.6. The minimum absolute atomic E-state index is 0.0814. The van der Waals surface area contributed by atoms with Crippen molar-refractivity contribution in [3.8, 4) is 11.5 Å². The van der Waals surface area contributed by atoms with Crippen molar-refractivity contribution >= 4 is 5.91 Å². The number of ether oxygens (including phenoxy) is 2. The van der Waals surface area contributed by atoms with Gasteiger partial charge in [0.1, 0.15) is 5.76 Å². The molecule has 0 saturated carbocycles. The lowest BCUT2D eigenvalue weighted by atomic mass is 10.1. The van der Waals surface area contributed by atoms with Gasteiger partial charge in [-0.2, -0.15) is 0 Å². The predicted octanol–water partition coefficient (Wildman–Crippen LogP) is 2.71. The molecule has 0 atom stereocenters. The molecule has 0 radical (unpaired) electrons. The van der Waals surface area contributed by atoms with Gasteiger partial charge in [-0.3, -0.25) is 4.79 Å². The number of fused-ring (bicyclic) bond motifs is 1. The lowest BCUT2D eigenvalue weighted by Crippen LogP contribution is -2.26. The molecule has 0 bridgehead atoms. The third-order valence-electron chi connectivity index (χ3n) is 3.31. The number of carbonyl (C=O) groups is 1. The minimum atomic E-state index is -0.0814. The van der Waals surface area contributed by atoms with E-state index in [4.69, 9.17) is 13.9 Å². The molecule has 110 valence electrons. The second-order valence-electron chi connectivity index (χ2n) is 4.95. The molecule has 2 aromatic rings. The van der Waals surface area contributed by atoms with Gasteiger partial charge in [0, 0.05) is 19.0 Å². The Hall–Kier alpha value is -2.43. The van der Waals surface area contributed by atoms with Crippen LogP contribution < -0.4 is 9.47 Å². The van der Waals surface area contributed by atoms with Gasteiger partial charge in [0.25, 0.3) is 5.91 Å². The smallest absolute Gasteiger partial charge is 0.254 e. The van der Waals surface area contributed by atoms with Crippen LogP contribution in [0.2, 0.25) is 0 Å². The summed E-state index contributed by atoms with van der Waals surface area (Å²) in [5.41, 5.74) is 0.577. The quantitative estimate of drug-likeness (QED) is 0.871. The molecule has 5 nitrogen and oxygen atoms in total. The van der Waals surface area contributed by atoms with Crippen LogP contribution in [0.5, 0.6) is 11.5 Å². The van der Waals surface area contributed by atoms with Gasteiger partial charge in [-0.05, 0) is 30.3 Å². The summed E-state index contributed by atoms with van der Waals surface area (Å²) in [6.07, 6.45) is 2.44. The molecule has 3 rings (SSSR count). The van der Waals surface area contributed by atoms with Crippen molar-refractivity contribution in [3.63, 3.8) is 0 Å². The molecular formula is C16H17NO4. The fraction of sp³-hybridized carbons (Fsp3) is 0.312. The summed E-state index contributed by atoms with van der Waals surface area (Å²) in [7, 11) is 1.74. The van der Waals surface area contributed by atoms with Gasteiger partial charge in [-0.1, -0.05) is 0 Å². The number of hydrogen-bond acceptors (Lipinski definition) is 4. The molecule has 0 spiro atoms. The predicted molar refractivity (Wildman–Crippen MR) is 76.6 cm³/mol. The number of hydrogen-bond donors (Lipinski definition) is 0. The average Bonchev–Trinajstić information content (AvgIpc) is 2.89. The van der Waals surface area contributed by atoms with E-state index in [2.05, 4.69) is 0 Å². The first-order valence-corrected chi connectivity index (χ1v) is 6.91. The maximum atomic E-state index is 12.4. The Morgan fingerprint density at radius 3 is 2.76 bits per heavy atom. The van der Waals surface area contributed by atoms with Crippen LogP contribution in [0.4, 0.5) is 0 Å². The highest BCUT2D eigenvalue weighted by molar-refractivity contribution is 5.94. The number of carbonyl (C=O) groups excluding carboxylic acids is 1. The molecule has 1 aliphatic heterocycles. The Kier molecular flexibility index (Phi) is 3.81. The fourth-order valence-corrected chi connectivity index (χ4v) is 2.22. The van der Waals surface area contributed by atoms with Crippen LogP contribution in [0.15, 0.2) is 41.0 Å². The van der Waals surface area contributed by atoms with Crippen LogP contribution in [-0.2, 0) is 6.54 Å². The van der Waals surface area contributed by atoms with Crippen molar-refractivity contribution in [1.82, 2.24) is 4.90 Å². The highest BCUT2D eigenvalue weighted by Gasteiger charge is 2.17. The standard InChI is InChI=1S/C16H17NO4/c1-17(11-13-4-2-7-19-13)16(18)12-5-6-14-15(10-12)21-9-3-8-20-14/h2,4-7,10H,3,8-9,11H2,1H3. The van der Waals surface area contributed by atoms with Crippen molar-refractivity contribution in [2.75, 3.05) is 20.3 Å². The molecule has 1 aromatic heterocycles. The molecule has 0 N–H and O–H groups in total. The molecule has 0 fully saturated rings. The van der Waals surface area contributed by atoms with Crippen LogP contribution in [-0.4, -0.2) is 31.1 Å². The lowest BCUT2D eigenvalue weighted by Gasteiger charge is -2.16. The Balaban J connectivity index is 1.76. The molecule has 1 amide bonds. The van der Waals surface area contributed by atoms with Crippen molar-refractivity contribution in [1.29, 1.82) is 0 Å². The van der Waals surface area contributed by atoms with E-state index < -0.39 is 0 Å². The van der Waals surface area contributed by atoms with E-state index in [1.54, 1.807) is 42.5 Å². The van der Waals surface area contributed by atoms with Crippen LogP contribution >= 0.6 is 0 Å². The molecule has 21 heavy (non-hydrogen) atoms. The maximum Gasteiger partial charge on any atom is 0.254 e. The number of amides is 1. The lowest BCUT2D eigenvalue weighted by molar-refractivity contribution is 0.0775. The highest BCUT2D eigenvalue weighted by Crippen LogP contribution is 2.30. The van der Waals surface area contributed by atoms with E-state index in [9.17, 15) is 4.79 Å². The molecule has 0 saturated heterocycles. The summed E-state index contributed by atoms with van der Waals surface area (Å²) in [4.78, 5) is 14.0. The Labute approximate surface area is 123 Å². The molecule has 2 heterocycles. The van der Waals surface area contributed by atoms with E-state index >= 15 is 0 Å². The van der Waals surface area contributed by atoms with Gasteiger partial charge < -0.3 is 18.8 Å². The third kappa shape index (κ3) is 3.02. The van der Waals surface area contributed by atoms with Gasteiger partial charge >= 0.3 is 0 Å². The van der Waals surface area contributed by atoms with Crippen molar-refractivity contribution < 1.29 is 18.7 Å². The largest absolute Gasteiger partial charge is 0.490 e. The summed E-state index contributed by atoms with van der Waals surface area (Å²) < 4.78 is 16.4. The number of furan rings is 1. The number of rotatable bonds is 3. The molecule has 1 aliphatic rings. The molecular weight excluding hydrogens is 270 g/mol. The van der Waals surface area contributed by atoms with E-state index in [1.807, 2.05) is 6.07 Å². The van der Waals surface area contributed by atoms with Gasteiger partial charge in [0.2, 0.25) is 0 Å². The zero-order valence-electron chi connectivity index (χ0n) is 11.9. The van der Waals surface area contributed by atoms with Crippen molar-refractivity contribution in [2.45, 2.75) is 13.0 Å². The summed E-state index contributed by atoms with van der Waals surface area (Å²) in [5.74, 6) is 1.99. The van der Waals surface area contributed by atoms with Crippen LogP contribution in [0, 0.1) is 0 Å². The second kappa shape index (κ2) is 5.91. The second-order valence-corrected chi connectivity index (χ2v) is 4.95. The summed E-state index contributed by atoms with van der Waals surface area (Å²) in [6, 6.07) is 8.93. The van der Waals surface area contributed by atoms with Gasteiger partial charge in [-0.25, -0.2) is 0 Å². The first-order valence-electron chi connectivity index (χ1n) is 6.91. The number of benzene rings is 1. The maximum absolute atomic E-state index is 12.4. The van der Waals surface area contributed by atoms with Gasteiger partial charge in [0.05, 0.1) is 26.0 Å². The first-order chi connectivity index (χ1) is 10.2. The zero-order chi connectivity index (χ0) is 14.7. The minimum Gasteiger partial charge on any atom is -0.490 e. The topological polar surface area (TPSA) is 51.9 Å². The van der Waals surface area contributed by atoms with E-state index in [1.165, 1.54) is 0 Å². The fourth-order valence-electron chi connectivity index (χ4n) is 2.22. The van der Waals surface area contributed by atoms with E-state index in [0.29, 0.717) is 36.8 Å². The molecule has 0 unspecified atom stereocenters. The Morgan fingerprint density at radius 1 is 1.19 bits per heavy atom. The van der Waals surface area contributed by atoms with Gasteiger partial charge in [-0.15, -0.1) is 0 Å². The van der Waals surface area contributed by atoms with Gasteiger partial charge in [0.15, 0.2) is 11.5 Å². The van der Waals surface area contributed by atoms with Crippen LogP contribution in [0.25, 0.3) is 0 Å². The van der Waals surface area contributed by atoms with Crippen LogP contribution in [0.1, 0.15) is 22.5 Å². The summed E-state index contributed by atoms with van der Waals surface area (Å²) in [6.45, 7) is 1.67. The van der Waals surface area contributed by atoms with E-state index in [0.717, 1.165) is 12.2 Å². The Morgan fingerprint density at radius 2 is 2.00 bits per heavy atom. The first kappa shape index (κ1) is 13.5. The Bertz CT molecular complexity index is 621. The number of nitrogens with zero attached hydrogens (tertiary/aromatic N) is 1. The highest BCUT2D eigenvalue weighted by atomic mass is 16.5. The average molecular weight is 287 g/mol. The summed E-state index contributed by atoms with van der Waals surface area (Å²) in [5, 5.41) is 0. The molecule has 0 aliphatic carbocycles. The zero-order valence-corrected chi connectivity index (χ0v) is 11.9. The van der Waals surface area contributed by atoms with E-state index in [-0.39, 0.29) is 5.91 Å².